The number of unbranched alkanes of at least 4 members (excludes halogenated alkanes) is 8. The summed E-state index contributed by atoms with van der Waals surface area (Å²) < 4.78 is 10.4. The van der Waals surface area contributed by atoms with Crippen LogP contribution in [0, 0.1) is 11.8 Å². The minimum Gasteiger partial charge on any atom is -0.466 e. The van der Waals surface area contributed by atoms with Gasteiger partial charge in [-0.05, 0) is 24.7 Å². The van der Waals surface area contributed by atoms with E-state index in [1.165, 1.54) is 51.4 Å². The molecule has 0 spiro atoms. The summed E-state index contributed by atoms with van der Waals surface area (Å²) in [6.07, 6.45) is 14.4. The molecule has 0 unspecified atom stereocenters. The van der Waals surface area contributed by atoms with Crippen LogP contribution in [0.1, 0.15) is 118 Å². The van der Waals surface area contributed by atoms with Gasteiger partial charge in [-0.15, -0.1) is 0 Å². The number of carbonyl (C=O) groups excluding carboxylic acids is 2. The molecule has 0 aromatic carbocycles. The molecule has 0 amide bonds. The Morgan fingerprint density at radius 3 is 1.21 bits per heavy atom. The lowest BCUT2D eigenvalue weighted by atomic mass is 10.0. The summed E-state index contributed by atoms with van der Waals surface area (Å²) >= 11 is 0. The van der Waals surface area contributed by atoms with Crippen LogP contribution in [-0.4, -0.2) is 25.2 Å². The second kappa shape index (κ2) is 19.3. The van der Waals surface area contributed by atoms with E-state index < -0.39 is 0 Å². The Labute approximate surface area is 174 Å². The minimum absolute atomic E-state index is 0.127. The van der Waals surface area contributed by atoms with E-state index in [9.17, 15) is 9.59 Å². The molecule has 0 fully saturated rings. The molecule has 0 aliphatic rings. The summed E-state index contributed by atoms with van der Waals surface area (Å²) in [6.45, 7) is 9.95. The van der Waals surface area contributed by atoms with Gasteiger partial charge < -0.3 is 9.47 Å². The molecule has 0 aliphatic heterocycles. The first-order chi connectivity index (χ1) is 13.4. The largest absolute Gasteiger partial charge is 0.466 e. The van der Waals surface area contributed by atoms with Crippen molar-refractivity contribution in [2.75, 3.05) is 13.2 Å². The summed E-state index contributed by atoms with van der Waals surface area (Å²) in [7, 11) is 0. The third-order valence-corrected chi connectivity index (χ3v) is 4.91. The van der Waals surface area contributed by atoms with Gasteiger partial charge in [0.25, 0.3) is 0 Å². The van der Waals surface area contributed by atoms with E-state index >= 15 is 0 Å². The first-order valence-corrected chi connectivity index (χ1v) is 11.7. The van der Waals surface area contributed by atoms with Gasteiger partial charge in [0.05, 0.1) is 26.1 Å². The molecule has 4 nitrogen and oxygen atoms in total. The van der Waals surface area contributed by atoms with Crippen molar-refractivity contribution in [1.29, 1.82) is 0 Å². The summed E-state index contributed by atoms with van der Waals surface area (Å²) in [6, 6.07) is 0. The average molecular weight is 399 g/mol. The number of hydrogen-bond acceptors (Lipinski definition) is 4. The third kappa shape index (κ3) is 21.2. The van der Waals surface area contributed by atoms with E-state index in [1.54, 1.807) is 0 Å². The molecule has 0 rings (SSSR count). The van der Waals surface area contributed by atoms with Gasteiger partial charge in [-0.3, -0.25) is 9.59 Å². The van der Waals surface area contributed by atoms with Gasteiger partial charge in [0.2, 0.25) is 0 Å². The Balaban J connectivity index is 3.36. The average Bonchev–Trinajstić information content (AvgIpc) is 2.63. The predicted molar refractivity (Wildman–Crippen MR) is 116 cm³/mol. The van der Waals surface area contributed by atoms with Crippen LogP contribution in [0.3, 0.4) is 0 Å². The van der Waals surface area contributed by atoms with Crippen LogP contribution in [0.4, 0.5) is 0 Å². The van der Waals surface area contributed by atoms with Crippen LogP contribution in [0.2, 0.25) is 0 Å². The highest BCUT2D eigenvalue weighted by atomic mass is 16.5. The number of ether oxygens (including phenoxy) is 2. The molecule has 0 atom stereocenters. The highest BCUT2D eigenvalue weighted by molar-refractivity contribution is 5.77. The molecule has 166 valence electrons. The van der Waals surface area contributed by atoms with Gasteiger partial charge in [-0.25, -0.2) is 0 Å². The highest BCUT2D eigenvalue weighted by Crippen LogP contribution is 2.11. The molecule has 0 radical (unpaired) electrons. The quantitative estimate of drug-likeness (QED) is 0.176. The molecular weight excluding hydrogens is 352 g/mol. The molecule has 0 bridgehead atoms. The fourth-order valence-electron chi connectivity index (χ4n) is 3.09. The Hall–Kier alpha value is -1.06. The Bertz CT molecular complexity index is 341. The fraction of sp³-hybridized carbons (Fsp3) is 0.917. The fourth-order valence-corrected chi connectivity index (χ4v) is 3.09. The second-order valence-corrected chi connectivity index (χ2v) is 8.84. The molecule has 28 heavy (non-hydrogen) atoms. The highest BCUT2D eigenvalue weighted by Gasteiger charge is 2.09. The van der Waals surface area contributed by atoms with Crippen LogP contribution >= 0.6 is 0 Å². The van der Waals surface area contributed by atoms with Gasteiger partial charge in [-0.1, -0.05) is 91.9 Å². The summed E-state index contributed by atoms with van der Waals surface area (Å²) in [4.78, 5) is 23.3. The lowest BCUT2D eigenvalue weighted by Gasteiger charge is -2.07. The lowest BCUT2D eigenvalue weighted by molar-refractivity contribution is -0.150. The summed E-state index contributed by atoms with van der Waals surface area (Å²) in [5, 5.41) is 0. The van der Waals surface area contributed by atoms with E-state index in [4.69, 9.17) is 9.47 Å². The van der Waals surface area contributed by atoms with Gasteiger partial charge in [0.15, 0.2) is 0 Å². The Kier molecular flexibility index (Phi) is 18.5. The zero-order valence-electron chi connectivity index (χ0n) is 19.1. The van der Waals surface area contributed by atoms with Crippen molar-refractivity contribution in [2.45, 2.75) is 118 Å². The van der Waals surface area contributed by atoms with Crippen molar-refractivity contribution in [2.24, 2.45) is 11.8 Å². The summed E-state index contributed by atoms with van der Waals surface area (Å²) in [5.74, 6) is 0.989. The second-order valence-electron chi connectivity index (χ2n) is 8.84. The van der Waals surface area contributed by atoms with Gasteiger partial charge in [-0.2, -0.15) is 0 Å². The topological polar surface area (TPSA) is 52.6 Å². The normalized spacial score (nSPS) is 11.2. The van der Waals surface area contributed by atoms with Crippen LogP contribution < -0.4 is 0 Å². The molecule has 4 heteroatoms. The minimum atomic E-state index is -0.290. The summed E-state index contributed by atoms with van der Waals surface area (Å²) in [5.41, 5.74) is 0. The predicted octanol–water partition coefficient (Wildman–Crippen LogP) is 6.85. The van der Waals surface area contributed by atoms with Crippen LogP contribution in [0.15, 0.2) is 0 Å². The monoisotopic (exact) mass is 398 g/mol. The van der Waals surface area contributed by atoms with Crippen LogP contribution in [0.25, 0.3) is 0 Å². The van der Waals surface area contributed by atoms with Gasteiger partial charge in [0, 0.05) is 0 Å². The van der Waals surface area contributed by atoms with Crippen molar-refractivity contribution in [3.05, 3.63) is 0 Å². The Morgan fingerprint density at radius 1 is 0.536 bits per heavy atom. The molecule has 0 saturated carbocycles. The van der Waals surface area contributed by atoms with Gasteiger partial charge >= 0.3 is 11.9 Å². The van der Waals surface area contributed by atoms with E-state index in [-0.39, 0.29) is 24.8 Å². The molecule has 0 aliphatic carbocycles. The van der Waals surface area contributed by atoms with Gasteiger partial charge in [0.1, 0.15) is 0 Å². The first kappa shape index (κ1) is 26.9. The molecular formula is C24H46O4. The smallest absolute Gasteiger partial charge is 0.306 e. The SMILES string of the molecule is CC(C)CCCCCCCOC(=O)CCC(=O)OCCCCCCCC(C)C. The van der Waals surface area contributed by atoms with E-state index in [0.29, 0.717) is 13.2 Å². The lowest BCUT2D eigenvalue weighted by Crippen LogP contribution is -2.11. The zero-order chi connectivity index (χ0) is 21.0. The molecule has 0 N–H and O–H groups in total. The van der Waals surface area contributed by atoms with Crippen molar-refractivity contribution >= 4 is 11.9 Å². The molecule has 0 aromatic heterocycles. The standard InChI is InChI=1S/C24H46O4/c1-21(2)15-11-7-5-9-13-19-27-23(25)17-18-24(26)28-20-14-10-6-8-12-16-22(3)4/h21-22H,5-20H2,1-4H3. The van der Waals surface area contributed by atoms with Crippen molar-refractivity contribution in [3.63, 3.8) is 0 Å². The zero-order valence-corrected chi connectivity index (χ0v) is 19.1. The molecule has 0 saturated heterocycles. The van der Waals surface area contributed by atoms with E-state index in [0.717, 1.165) is 37.5 Å². The Morgan fingerprint density at radius 2 is 0.857 bits per heavy atom. The molecule has 0 aromatic rings. The maximum Gasteiger partial charge on any atom is 0.306 e. The third-order valence-electron chi connectivity index (χ3n) is 4.91. The van der Waals surface area contributed by atoms with Crippen molar-refractivity contribution in [3.8, 4) is 0 Å². The van der Waals surface area contributed by atoms with Crippen molar-refractivity contribution < 1.29 is 19.1 Å². The number of esters is 2. The van der Waals surface area contributed by atoms with Crippen LogP contribution in [-0.2, 0) is 19.1 Å². The maximum atomic E-state index is 11.7. The first-order valence-electron chi connectivity index (χ1n) is 11.7. The molecule has 0 heterocycles. The number of hydrogen-bond donors (Lipinski definition) is 0. The van der Waals surface area contributed by atoms with E-state index in [1.807, 2.05) is 0 Å². The van der Waals surface area contributed by atoms with Crippen LogP contribution in [0.5, 0.6) is 0 Å². The number of carbonyl (C=O) groups is 2. The van der Waals surface area contributed by atoms with Crippen molar-refractivity contribution in [1.82, 2.24) is 0 Å². The number of rotatable bonds is 19. The maximum absolute atomic E-state index is 11.7. The van der Waals surface area contributed by atoms with E-state index in [2.05, 4.69) is 27.7 Å².